The van der Waals surface area contributed by atoms with Crippen molar-refractivity contribution in [2.45, 2.75) is 75.3 Å². The zero-order chi connectivity index (χ0) is 23.7. The first kappa shape index (κ1) is 21.4. The summed E-state index contributed by atoms with van der Waals surface area (Å²) in [6.45, 7) is 4.16. The molecule has 0 radical (unpaired) electrons. The van der Waals surface area contributed by atoms with Gasteiger partial charge in [-0.2, -0.15) is 0 Å². The Kier molecular flexibility index (Phi) is 4.68. The Hall–Kier alpha value is -3.14. The lowest BCUT2D eigenvalue weighted by Crippen LogP contribution is -2.66. The molecule has 3 aromatic rings. The van der Waals surface area contributed by atoms with Crippen LogP contribution in [0.2, 0.25) is 0 Å². The Morgan fingerprint density at radius 3 is 2.68 bits per heavy atom. The standard InChI is InChI=1S/C24H27F2N7O/c1-23-5-6-24(2,30-23)22(26)19(11-23)33(14-3-4-14)21-13-27-17(12-28-21)15-9-16(25)18(10-20(15)34)32-8-7-29-31-32/h7-10,12-14,19,22,30,34H,3-6,11H2,1-2H3/t19-,22-,23-,24+/m1/s1. The van der Waals surface area contributed by atoms with Gasteiger partial charge in [0.15, 0.2) is 0 Å². The van der Waals surface area contributed by atoms with Crippen molar-refractivity contribution in [3.05, 3.63) is 42.7 Å². The molecule has 0 amide bonds. The second kappa shape index (κ2) is 7.43. The van der Waals surface area contributed by atoms with E-state index in [1.807, 2.05) is 6.92 Å². The normalized spacial score (nSPS) is 30.5. The molecule has 2 aliphatic heterocycles. The van der Waals surface area contributed by atoms with E-state index in [0.717, 1.165) is 25.7 Å². The molecule has 0 unspecified atom stereocenters. The minimum Gasteiger partial charge on any atom is -0.507 e. The van der Waals surface area contributed by atoms with Crippen molar-refractivity contribution in [3.63, 3.8) is 0 Å². The van der Waals surface area contributed by atoms with Crippen LogP contribution in [0.25, 0.3) is 16.9 Å². The highest BCUT2D eigenvalue weighted by Crippen LogP contribution is 2.48. The molecule has 2 N–H and O–H groups in total. The maximum atomic E-state index is 15.8. The molecule has 0 spiro atoms. The largest absolute Gasteiger partial charge is 0.507 e. The molecule has 8 nitrogen and oxygen atoms in total. The molecule has 1 saturated carbocycles. The van der Waals surface area contributed by atoms with E-state index in [2.05, 4.69) is 37.4 Å². The van der Waals surface area contributed by atoms with E-state index in [4.69, 9.17) is 0 Å². The van der Waals surface area contributed by atoms with Crippen molar-refractivity contribution in [1.82, 2.24) is 30.3 Å². The monoisotopic (exact) mass is 467 g/mol. The summed E-state index contributed by atoms with van der Waals surface area (Å²) in [5.74, 6) is -0.102. The van der Waals surface area contributed by atoms with Gasteiger partial charge in [-0.05, 0) is 52.0 Å². The van der Waals surface area contributed by atoms with E-state index < -0.39 is 17.5 Å². The lowest BCUT2D eigenvalue weighted by atomic mass is 9.82. The van der Waals surface area contributed by atoms with Crippen molar-refractivity contribution < 1.29 is 13.9 Å². The van der Waals surface area contributed by atoms with E-state index in [1.165, 1.54) is 35.4 Å². The summed E-state index contributed by atoms with van der Waals surface area (Å²) in [5.41, 5.74) is 0.0222. The van der Waals surface area contributed by atoms with E-state index in [0.29, 0.717) is 17.9 Å². The number of nitrogens with zero attached hydrogens (tertiary/aromatic N) is 6. The Morgan fingerprint density at radius 1 is 1.18 bits per heavy atom. The number of alkyl halides is 1. The molecule has 4 heterocycles. The van der Waals surface area contributed by atoms with Gasteiger partial charge in [0.2, 0.25) is 0 Å². The van der Waals surface area contributed by atoms with Gasteiger partial charge in [0.05, 0.1) is 36.5 Å². The SMILES string of the molecule is C[C@]12CC[C@](C)(N1)[C@H](F)[C@H](N(c1cnc(-c3cc(F)c(-n4ccnn4)cc3O)cn1)C1CC1)C2. The lowest BCUT2D eigenvalue weighted by molar-refractivity contribution is 0.0832. The predicted molar refractivity (Wildman–Crippen MR) is 122 cm³/mol. The molecule has 4 atom stereocenters. The van der Waals surface area contributed by atoms with E-state index >= 15 is 4.39 Å². The third kappa shape index (κ3) is 3.43. The number of piperidine rings is 1. The maximum absolute atomic E-state index is 15.8. The lowest BCUT2D eigenvalue weighted by Gasteiger charge is -2.48. The minimum atomic E-state index is -1.02. The molecule has 2 saturated heterocycles. The molecule has 10 heteroatoms. The summed E-state index contributed by atoms with van der Waals surface area (Å²) < 4.78 is 31.7. The zero-order valence-electron chi connectivity index (χ0n) is 19.1. The summed E-state index contributed by atoms with van der Waals surface area (Å²) in [6, 6.07) is 2.46. The highest BCUT2D eigenvalue weighted by Gasteiger charge is 2.58. The highest BCUT2D eigenvalue weighted by molar-refractivity contribution is 5.69. The van der Waals surface area contributed by atoms with Gasteiger partial charge >= 0.3 is 0 Å². The molecule has 2 aromatic heterocycles. The molecular formula is C24H27F2N7O. The van der Waals surface area contributed by atoms with Gasteiger partial charge in [-0.25, -0.2) is 18.4 Å². The van der Waals surface area contributed by atoms with Gasteiger partial charge in [-0.15, -0.1) is 5.10 Å². The van der Waals surface area contributed by atoms with Crippen LogP contribution in [-0.2, 0) is 0 Å². The Bertz CT molecular complexity index is 1220. The molecule has 34 heavy (non-hydrogen) atoms. The predicted octanol–water partition coefficient (Wildman–Crippen LogP) is 3.55. The fourth-order valence-electron chi connectivity index (χ4n) is 5.78. The van der Waals surface area contributed by atoms with Gasteiger partial charge in [0.25, 0.3) is 0 Å². The smallest absolute Gasteiger partial charge is 0.149 e. The van der Waals surface area contributed by atoms with Crippen LogP contribution in [0.15, 0.2) is 36.9 Å². The van der Waals surface area contributed by atoms with Crippen LogP contribution in [0.3, 0.4) is 0 Å². The fraction of sp³-hybridized carbons (Fsp3) is 0.500. The van der Waals surface area contributed by atoms with Gasteiger partial charge < -0.3 is 15.3 Å². The number of hydrogen-bond donors (Lipinski definition) is 2. The summed E-state index contributed by atoms with van der Waals surface area (Å²) >= 11 is 0. The van der Waals surface area contributed by atoms with E-state index in [-0.39, 0.29) is 34.6 Å². The molecule has 2 bridgehead atoms. The number of phenols is 1. The van der Waals surface area contributed by atoms with Crippen molar-refractivity contribution in [2.24, 2.45) is 0 Å². The average Bonchev–Trinajstić information content (AvgIpc) is 3.41. The van der Waals surface area contributed by atoms with Crippen LogP contribution >= 0.6 is 0 Å². The zero-order valence-corrected chi connectivity index (χ0v) is 19.1. The third-order valence-electron chi connectivity index (χ3n) is 7.60. The molecule has 6 rings (SSSR count). The van der Waals surface area contributed by atoms with Crippen LogP contribution < -0.4 is 10.2 Å². The highest BCUT2D eigenvalue weighted by atomic mass is 19.1. The first-order valence-electron chi connectivity index (χ1n) is 11.7. The first-order chi connectivity index (χ1) is 16.3. The van der Waals surface area contributed by atoms with E-state index in [9.17, 15) is 9.50 Å². The Morgan fingerprint density at radius 2 is 2.00 bits per heavy atom. The topological polar surface area (TPSA) is 92.0 Å². The Balaban J connectivity index is 1.31. The van der Waals surface area contributed by atoms with Gasteiger partial charge in [-0.1, -0.05) is 5.21 Å². The van der Waals surface area contributed by atoms with Crippen LogP contribution in [0, 0.1) is 5.82 Å². The van der Waals surface area contributed by atoms with Crippen molar-refractivity contribution in [1.29, 1.82) is 0 Å². The average molecular weight is 468 g/mol. The van der Waals surface area contributed by atoms with Crippen molar-refractivity contribution in [3.8, 4) is 22.7 Å². The van der Waals surface area contributed by atoms with Gasteiger partial charge in [-0.3, -0.25) is 4.98 Å². The number of hydrogen-bond acceptors (Lipinski definition) is 7. The second-order valence-electron chi connectivity index (χ2n) is 10.3. The van der Waals surface area contributed by atoms with Crippen LogP contribution in [0.1, 0.15) is 46.0 Å². The number of benzene rings is 1. The van der Waals surface area contributed by atoms with Crippen LogP contribution in [0.4, 0.5) is 14.6 Å². The minimum absolute atomic E-state index is 0.0831. The molecule has 3 fully saturated rings. The molecule has 1 aromatic carbocycles. The number of aromatic hydroxyl groups is 1. The number of fused-ring (bicyclic) bond motifs is 2. The molecule has 3 aliphatic rings. The molecule has 178 valence electrons. The number of phenolic OH excluding ortho intramolecular Hbond substituents is 1. The number of anilines is 1. The number of aromatic nitrogens is 5. The van der Waals surface area contributed by atoms with Gasteiger partial charge in [0, 0.05) is 28.7 Å². The summed E-state index contributed by atoms with van der Waals surface area (Å²) in [7, 11) is 0. The van der Waals surface area contributed by atoms with Crippen molar-refractivity contribution >= 4 is 5.82 Å². The maximum Gasteiger partial charge on any atom is 0.149 e. The first-order valence-corrected chi connectivity index (χ1v) is 11.7. The van der Waals surface area contributed by atoms with Gasteiger partial charge in [0.1, 0.15) is 29.2 Å². The summed E-state index contributed by atoms with van der Waals surface area (Å²) in [6.07, 6.45) is 9.51. The fourth-order valence-corrected chi connectivity index (χ4v) is 5.78. The third-order valence-corrected chi connectivity index (χ3v) is 7.60. The number of rotatable bonds is 5. The quantitative estimate of drug-likeness (QED) is 0.593. The number of nitrogens with one attached hydrogen (secondary N) is 1. The Labute approximate surface area is 196 Å². The summed E-state index contributed by atoms with van der Waals surface area (Å²) in [5, 5.41) is 21.5. The van der Waals surface area contributed by atoms with Crippen LogP contribution in [-0.4, -0.2) is 59.4 Å². The van der Waals surface area contributed by atoms with Crippen LogP contribution in [0.5, 0.6) is 5.75 Å². The second-order valence-corrected chi connectivity index (χ2v) is 10.3. The molecule has 1 aliphatic carbocycles. The molecular weight excluding hydrogens is 440 g/mol. The van der Waals surface area contributed by atoms with Crippen molar-refractivity contribution in [2.75, 3.05) is 4.90 Å². The summed E-state index contributed by atoms with van der Waals surface area (Å²) in [4.78, 5) is 11.2. The van der Waals surface area contributed by atoms with E-state index in [1.54, 1.807) is 6.20 Å². The number of halogens is 2.